The fourth-order valence-corrected chi connectivity index (χ4v) is 3.28. The Balaban J connectivity index is 0.00000196. The summed E-state index contributed by atoms with van der Waals surface area (Å²) >= 11 is 0. The van der Waals surface area contributed by atoms with Crippen molar-refractivity contribution in [2.45, 2.75) is 51.7 Å². The smallest absolute Gasteiger partial charge is 0.264 e. The number of aryl methyl sites for hydroxylation is 2. The second-order valence-electron chi connectivity index (χ2n) is 6.66. The molecule has 140 valence electrons. The summed E-state index contributed by atoms with van der Waals surface area (Å²) in [5.74, 6) is 3.12. The molecule has 2 heterocycles. The van der Waals surface area contributed by atoms with Crippen LogP contribution in [0.25, 0.3) is 11.0 Å². The highest BCUT2D eigenvalue weighted by Gasteiger charge is 2.18. The number of furan rings is 1. The van der Waals surface area contributed by atoms with Crippen molar-refractivity contribution >= 4 is 23.4 Å². The van der Waals surface area contributed by atoms with Crippen LogP contribution in [0.1, 0.15) is 42.8 Å². The molecule has 26 heavy (non-hydrogen) atoms. The first-order valence-electron chi connectivity index (χ1n) is 8.89. The maximum Gasteiger partial charge on any atom is 0.264 e. The Morgan fingerprint density at radius 2 is 2.12 bits per heavy atom. The van der Waals surface area contributed by atoms with E-state index in [0.717, 1.165) is 36.4 Å². The van der Waals surface area contributed by atoms with Gasteiger partial charge in [0.25, 0.3) is 5.89 Å². The molecule has 1 N–H and O–H groups in total. The van der Waals surface area contributed by atoms with Crippen molar-refractivity contribution in [1.29, 1.82) is 0 Å². The second kappa shape index (κ2) is 8.10. The number of aromatic nitrogens is 2. The van der Waals surface area contributed by atoms with Gasteiger partial charge in [-0.3, -0.25) is 0 Å². The van der Waals surface area contributed by atoms with Crippen molar-refractivity contribution in [3.05, 3.63) is 41.2 Å². The minimum Gasteiger partial charge on any atom is -0.484 e. The summed E-state index contributed by atoms with van der Waals surface area (Å²) in [5, 5.41) is 8.32. The van der Waals surface area contributed by atoms with Crippen molar-refractivity contribution in [3.63, 3.8) is 0 Å². The number of benzene rings is 1. The number of nitrogens with one attached hydrogen (secondary N) is 1. The predicted octanol–water partition coefficient (Wildman–Crippen LogP) is 3.85. The number of fused-ring (bicyclic) bond motifs is 3. The fourth-order valence-electron chi connectivity index (χ4n) is 3.28. The van der Waals surface area contributed by atoms with Gasteiger partial charge in [0.15, 0.2) is 12.4 Å². The SMILES string of the molecule is CNC(C)Cc1noc(COc2ccc3oc4c(c3c2)CCCC4)n1.Cl. The molecule has 2 aromatic heterocycles. The van der Waals surface area contributed by atoms with Gasteiger partial charge in [0.2, 0.25) is 0 Å². The molecule has 0 saturated carbocycles. The lowest BCUT2D eigenvalue weighted by molar-refractivity contribution is 0.242. The highest BCUT2D eigenvalue weighted by atomic mass is 35.5. The summed E-state index contributed by atoms with van der Waals surface area (Å²) < 4.78 is 17.1. The third-order valence-corrected chi connectivity index (χ3v) is 4.78. The molecule has 0 spiro atoms. The summed E-state index contributed by atoms with van der Waals surface area (Å²) in [5.41, 5.74) is 2.29. The Kier molecular flexibility index (Phi) is 5.84. The van der Waals surface area contributed by atoms with Crippen molar-refractivity contribution in [2.24, 2.45) is 0 Å². The van der Waals surface area contributed by atoms with Gasteiger partial charge in [0.1, 0.15) is 17.1 Å². The molecule has 6 nitrogen and oxygen atoms in total. The standard InChI is InChI=1S/C19H23N3O3.ClH/c1-12(20-2)9-18-21-19(25-22-18)11-23-13-7-8-17-15(10-13)14-5-3-4-6-16(14)24-17;/h7-8,10,12,20H,3-6,9,11H2,1-2H3;1H. The van der Waals surface area contributed by atoms with Crippen LogP contribution in [0.15, 0.2) is 27.1 Å². The van der Waals surface area contributed by atoms with Gasteiger partial charge in [-0.2, -0.15) is 4.98 Å². The molecule has 1 aliphatic carbocycles. The van der Waals surface area contributed by atoms with Crippen LogP contribution < -0.4 is 10.1 Å². The fraction of sp³-hybridized carbons (Fsp3) is 0.474. The third kappa shape index (κ3) is 3.86. The maximum absolute atomic E-state index is 5.96. The highest BCUT2D eigenvalue weighted by molar-refractivity contribution is 5.85. The van der Waals surface area contributed by atoms with Crippen LogP contribution in [0.4, 0.5) is 0 Å². The summed E-state index contributed by atoms with van der Waals surface area (Å²) in [4.78, 5) is 4.37. The molecule has 1 atom stereocenters. The van der Waals surface area contributed by atoms with Crippen LogP contribution in [0.5, 0.6) is 5.75 Å². The molecule has 3 aromatic rings. The molecule has 0 aliphatic heterocycles. The van der Waals surface area contributed by atoms with Gasteiger partial charge in [-0.1, -0.05) is 5.16 Å². The zero-order valence-corrected chi connectivity index (χ0v) is 15.9. The minimum atomic E-state index is 0. The van der Waals surface area contributed by atoms with Gasteiger partial charge in [-0.25, -0.2) is 0 Å². The number of likely N-dealkylation sites (N-methyl/N-ethyl adjacent to an activating group) is 1. The average molecular weight is 378 g/mol. The van der Waals surface area contributed by atoms with E-state index in [0.29, 0.717) is 17.8 Å². The zero-order valence-electron chi connectivity index (χ0n) is 15.1. The Hall–Kier alpha value is -2.05. The van der Waals surface area contributed by atoms with Gasteiger partial charge >= 0.3 is 0 Å². The normalized spacial score (nSPS) is 14.7. The summed E-state index contributed by atoms with van der Waals surface area (Å²) in [7, 11) is 1.92. The van der Waals surface area contributed by atoms with Crippen molar-refractivity contribution in [2.75, 3.05) is 7.05 Å². The Morgan fingerprint density at radius 1 is 1.27 bits per heavy atom. The number of ether oxygens (including phenoxy) is 1. The van der Waals surface area contributed by atoms with Crippen LogP contribution in [-0.4, -0.2) is 23.2 Å². The molecule has 0 radical (unpaired) electrons. The molecule has 0 bridgehead atoms. The molecular weight excluding hydrogens is 354 g/mol. The lowest BCUT2D eigenvalue weighted by Crippen LogP contribution is -2.24. The van der Waals surface area contributed by atoms with E-state index in [1.807, 2.05) is 19.2 Å². The van der Waals surface area contributed by atoms with E-state index in [9.17, 15) is 0 Å². The summed E-state index contributed by atoms with van der Waals surface area (Å²) in [6, 6.07) is 6.28. The molecule has 1 unspecified atom stereocenters. The minimum absolute atomic E-state index is 0. The topological polar surface area (TPSA) is 73.3 Å². The van der Waals surface area contributed by atoms with Crippen molar-refractivity contribution < 1.29 is 13.7 Å². The highest BCUT2D eigenvalue weighted by Crippen LogP contribution is 2.34. The summed E-state index contributed by atoms with van der Waals surface area (Å²) in [6.45, 7) is 2.35. The first-order chi connectivity index (χ1) is 12.2. The maximum atomic E-state index is 5.96. The van der Waals surface area contributed by atoms with E-state index in [1.165, 1.54) is 23.8 Å². The average Bonchev–Trinajstić information content (AvgIpc) is 3.23. The Labute approximate surface area is 158 Å². The molecule has 1 aliphatic rings. The van der Waals surface area contributed by atoms with E-state index in [-0.39, 0.29) is 19.0 Å². The first kappa shape index (κ1) is 18.7. The van der Waals surface area contributed by atoms with E-state index in [2.05, 4.69) is 28.4 Å². The quantitative estimate of drug-likeness (QED) is 0.703. The Morgan fingerprint density at radius 3 is 2.96 bits per heavy atom. The number of hydrogen-bond acceptors (Lipinski definition) is 6. The van der Waals surface area contributed by atoms with E-state index in [1.54, 1.807) is 0 Å². The van der Waals surface area contributed by atoms with Crippen LogP contribution in [0.3, 0.4) is 0 Å². The van der Waals surface area contributed by atoms with Gasteiger partial charge in [-0.05, 0) is 51.4 Å². The molecule has 1 aromatic carbocycles. The van der Waals surface area contributed by atoms with Gasteiger partial charge in [0.05, 0.1) is 0 Å². The second-order valence-corrected chi connectivity index (χ2v) is 6.66. The molecule has 4 rings (SSSR count). The van der Waals surface area contributed by atoms with Gasteiger partial charge in [0, 0.05) is 29.8 Å². The van der Waals surface area contributed by atoms with Crippen molar-refractivity contribution in [3.8, 4) is 5.75 Å². The number of rotatable bonds is 6. The number of halogens is 1. The van der Waals surface area contributed by atoms with Crippen LogP contribution in [-0.2, 0) is 25.9 Å². The van der Waals surface area contributed by atoms with Crippen molar-refractivity contribution in [1.82, 2.24) is 15.5 Å². The van der Waals surface area contributed by atoms with Crippen LogP contribution >= 0.6 is 12.4 Å². The van der Waals surface area contributed by atoms with E-state index >= 15 is 0 Å². The largest absolute Gasteiger partial charge is 0.484 e. The zero-order chi connectivity index (χ0) is 17.2. The molecule has 7 heteroatoms. The molecular formula is C19H24ClN3O3. The first-order valence-corrected chi connectivity index (χ1v) is 8.89. The number of nitrogens with zero attached hydrogens (tertiary/aromatic N) is 2. The predicted molar refractivity (Wildman–Crippen MR) is 101 cm³/mol. The third-order valence-electron chi connectivity index (χ3n) is 4.78. The Bertz CT molecular complexity index is 874. The van der Waals surface area contributed by atoms with Crippen LogP contribution in [0.2, 0.25) is 0 Å². The van der Waals surface area contributed by atoms with Gasteiger partial charge in [-0.15, -0.1) is 12.4 Å². The summed E-state index contributed by atoms with van der Waals surface area (Å²) in [6.07, 6.45) is 5.29. The lowest BCUT2D eigenvalue weighted by Gasteiger charge is -2.08. The number of hydrogen-bond donors (Lipinski definition) is 1. The van der Waals surface area contributed by atoms with E-state index in [4.69, 9.17) is 13.7 Å². The van der Waals surface area contributed by atoms with E-state index < -0.39 is 0 Å². The lowest BCUT2D eigenvalue weighted by atomic mass is 9.96. The monoisotopic (exact) mass is 377 g/mol. The van der Waals surface area contributed by atoms with Crippen LogP contribution in [0, 0.1) is 0 Å². The van der Waals surface area contributed by atoms with Gasteiger partial charge < -0.3 is 19.0 Å². The molecule has 0 saturated heterocycles. The molecule has 0 amide bonds. The molecule has 0 fully saturated rings.